The van der Waals surface area contributed by atoms with Gasteiger partial charge in [0.1, 0.15) is 6.04 Å². The Morgan fingerprint density at radius 2 is 1.78 bits per heavy atom. The van der Waals surface area contributed by atoms with Crippen LogP contribution in [0.3, 0.4) is 0 Å². The molecule has 0 bridgehead atoms. The molecule has 0 fully saturated rings. The average Bonchev–Trinajstić information content (AvgIpc) is 3.26. The molecule has 1 amide bonds. The molecule has 9 nitrogen and oxygen atoms in total. The molecule has 1 aromatic heterocycles. The summed E-state index contributed by atoms with van der Waals surface area (Å²) in [6.45, 7) is 0.0232. The number of aryl methyl sites for hydroxylation is 1. The smallest absolute Gasteiger partial charge is 0.303 e. The van der Waals surface area contributed by atoms with Gasteiger partial charge in [-0.1, -0.05) is 23.7 Å². The van der Waals surface area contributed by atoms with E-state index in [1.807, 2.05) is 0 Å². The number of carboxylic acids is 1. The van der Waals surface area contributed by atoms with Gasteiger partial charge in [-0.05, 0) is 48.4 Å². The number of nitrogens with one attached hydrogen (secondary N) is 2. The number of aromatic nitrogens is 2. The third-order valence-corrected chi connectivity index (χ3v) is 6.28. The van der Waals surface area contributed by atoms with Gasteiger partial charge in [0.05, 0.1) is 11.2 Å². The molecule has 0 aliphatic carbocycles. The summed E-state index contributed by atoms with van der Waals surface area (Å²) in [4.78, 5) is 27.5. The van der Waals surface area contributed by atoms with Gasteiger partial charge in [-0.3, -0.25) is 9.59 Å². The van der Waals surface area contributed by atoms with Crippen molar-refractivity contribution in [3.05, 3.63) is 77.8 Å². The molecule has 1 atom stereocenters. The summed E-state index contributed by atoms with van der Waals surface area (Å²) in [6.07, 6.45) is 5.00. The van der Waals surface area contributed by atoms with Crippen LogP contribution in [0.15, 0.2) is 72.1 Å². The number of anilines is 1. The molecule has 3 rings (SSSR count). The van der Waals surface area contributed by atoms with Crippen molar-refractivity contribution in [1.29, 1.82) is 0 Å². The second-order valence-electron chi connectivity index (χ2n) is 6.97. The monoisotopic (exact) mass is 476 g/mol. The van der Waals surface area contributed by atoms with Gasteiger partial charge in [-0.15, -0.1) is 0 Å². The molecule has 168 valence electrons. The standard InChI is InChI=1S/C21H21ClN4O5S/c22-16-4-8-18(9-5-16)32(30,31)25-19(13-26-12-11-23-14-26)21(29)24-17-6-1-15(2-7-17)3-10-20(27)28/h1-2,4-9,11-12,14,19,25H,3,10,13H2,(H,24,29)(H,27,28). The van der Waals surface area contributed by atoms with Crippen molar-refractivity contribution in [2.45, 2.75) is 30.3 Å². The van der Waals surface area contributed by atoms with Gasteiger partial charge in [0.15, 0.2) is 0 Å². The van der Waals surface area contributed by atoms with Crippen molar-refractivity contribution in [2.24, 2.45) is 0 Å². The molecular formula is C21H21ClN4O5S. The molecule has 0 aliphatic rings. The van der Waals surface area contributed by atoms with Crippen LogP contribution in [-0.2, 0) is 32.6 Å². The minimum atomic E-state index is -4.00. The molecule has 0 saturated carbocycles. The number of halogens is 1. The Bertz CT molecular complexity index is 1160. The van der Waals surface area contributed by atoms with Crippen molar-refractivity contribution in [1.82, 2.24) is 14.3 Å². The zero-order valence-electron chi connectivity index (χ0n) is 16.8. The van der Waals surface area contributed by atoms with Gasteiger partial charge >= 0.3 is 5.97 Å². The zero-order chi connectivity index (χ0) is 23.1. The van der Waals surface area contributed by atoms with E-state index in [1.54, 1.807) is 35.0 Å². The minimum absolute atomic E-state index is 0.00512. The number of imidazole rings is 1. The number of hydrogen-bond donors (Lipinski definition) is 3. The Balaban J connectivity index is 1.75. The number of carbonyl (C=O) groups is 2. The van der Waals surface area contributed by atoms with E-state index in [-0.39, 0.29) is 17.9 Å². The summed E-state index contributed by atoms with van der Waals surface area (Å²) >= 11 is 5.83. The lowest BCUT2D eigenvalue weighted by atomic mass is 10.1. The largest absolute Gasteiger partial charge is 0.481 e. The zero-order valence-corrected chi connectivity index (χ0v) is 18.4. The van der Waals surface area contributed by atoms with Crippen LogP contribution in [0, 0.1) is 0 Å². The summed E-state index contributed by atoms with van der Waals surface area (Å²) in [5.74, 6) is -1.45. The summed E-state index contributed by atoms with van der Waals surface area (Å²) in [5, 5.41) is 11.9. The van der Waals surface area contributed by atoms with Crippen LogP contribution in [0.25, 0.3) is 0 Å². The highest BCUT2D eigenvalue weighted by Gasteiger charge is 2.26. The van der Waals surface area contributed by atoms with Crippen molar-refractivity contribution >= 4 is 39.2 Å². The summed E-state index contributed by atoms with van der Waals surface area (Å²) < 4.78 is 29.6. The first-order chi connectivity index (χ1) is 15.2. The average molecular weight is 477 g/mol. The maximum Gasteiger partial charge on any atom is 0.303 e. The number of benzene rings is 2. The highest BCUT2D eigenvalue weighted by Crippen LogP contribution is 2.16. The fourth-order valence-electron chi connectivity index (χ4n) is 2.88. The van der Waals surface area contributed by atoms with Gasteiger partial charge < -0.3 is 15.0 Å². The second kappa shape index (κ2) is 10.4. The molecule has 11 heteroatoms. The van der Waals surface area contributed by atoms with E-state index in [0.717, 1.165) is 5.56 Å². The molecular weight excluding hydrogens is 456 g/mol. The predicted molar refractivity (Wildman–Crippen MR) is 119 cm³/mol. The van der Waals surface area contributed by atoms with E-state index >= 15 is 0 Å². The molecule has 0 spiro atoms. The summed E-state index contributed by atoms with van der Waals surface area (Å²) in [7, 11) is -4.00. The van der Waals surface area contributed by atoms with Gasteiger partial charge in [-0.25, -0.2) is 13.4 Å². The molecule has 0 saturated heterocycles. The highest BCUT2D eigenvalue weighted by molar-refractivity contribution is 7.89. The number of carboxylic acid groups (broad SMARTS) is 1. The number of nitrogens with zero attached hydrogens (tertiary/aromatic N) is 2. The van der Waals surface area contributed by atoms with Crippen LogP contribution in [-0.4, -0.2) is 41.0 Å². The molecule has 3 N–H and O–H groups in total. The number of amides is 1. The molecule has 2 aromatic carbocycles. The summed E-state index contributed by atoms with van der Waals surface area (Å²) in [6, 6.07) is 11.2. The molecule has 3 aromatic rings. The van der Waals surface area contributed by atoms with E-state index < -0.39 is 27.9 Å². The van der Waals surface area contributed by atoms with Gasteiger partial charge in [-0.2, -0.15) is 4.72 Å². The van der Waals surface area contributed by atoms with Gasteiger partial charge in [0.2, 0.25) is 15.9 Å². The maximum atomic E-state index is 12.9. The Hall–Kier alpha value is -3.21. The predicted octanol–water partition coefficient (Wildman–Crippen LogP) is 2.54. The number of carbonyl (C=O) groups excluding carboxylic acids is 1. The van der Waals surface area contributed by atoms with Gasteiger partial charge in [0.25, 0.3) is 0 Å². The number of hydrogen-bond acceptors (Lipinski definition) is 5. The fraction of sp³-hybridized carbons (Fsp3) is 0.190. The van der Waals surface area contributed by atoms with E-state index in [9.17, 15) is 18.0 Å². The summed E-state index contributed by atoms with van der Waals surface area (Å²) in [5.41, 5.74) is 1.26. The van der Waals surface area contributed by atoms with Crippen LogP contribution in [0.1, 0.15) is 12.0 Å². The normalized spacial score (nSPS) is 12.3. The van der Waals surface area contributed by atoms with Crippen LogP contribution in [0.4, 0.5) is 5.69 Å². The Kier molecular flexibility index (Phi) is 7.62. The molecule has 0 aliphatic heterocycles. The van der Waals surface area contributed by atoms with Crippen molar-refractivity contribution in [3.63, 3.8) is 0 Å². The Morgan fingerprint density at radius 1 is 1.09 bits per heavy atom. The number of sulfonamides is 1. The SMILES string of the molecule is O=C(O)CCc1ccc(NC(=O)C(Cn2ccnc2)NS(=O)(=O)c2ccc(Cl)cc2)cc1. The second-order valence-corrected chi connectivity index (χ2v) is 9.12. The topological polar surface area (TPSA) is 130 Å². The lowest BCUT2D eigenvalue weighted by molar-refractivity contribution is -0.137. The van der Waals surface area contributed by atoms with Crippen LogP contribution in [0.5, 0.6) is 0 Å². The van der Waals surface area contributed by atoms with E-state index in [2.05, 4.69) is 15.0 Å². The van der Waals surface area contributed by atoms with Crippen LogP contribution in [0.2, 0.25) is 5.02 Å². The number of aliphatic carboxylic acids is 1. The third kappa shape index (κ3) is 6.64. The maximum absolute atomic E-state index is 12.9. The Morgan fingerprint density at radius 3 is 2.38 bits per heavy atom. The number of rotatable bonds is 10. The van der Waals surface area contributed by atoms with Crippen LogP contribution < -0.4 is 10.0 Å². The first kappa shape index (κ1) is 23.5. The van der Waals surface area contributed by atoms with Crippen molar-refractivity contribution in [3.8, 4) is 0 Å². The lowest BCUT2D eigenvalue weighted by Crippen LogP contribution is -2.46. The minimum Gasteiger partial charge on any atom is -0.481 e. The molecule has 1 unspecified atom stereocenters. The molecule has 1 heterocycles. The quantitative estimate of drug-likeness (QED) is 0.412. The van der Waals surface area contributed by atoms with E-state index in [1.165, 1.54) is 36.8 Å². The lowest BCUT2D eigenvalue weighted by Gasteiger charge is -2.19. The third-order valence-electron chi connectivity index (χ3n) is 4.54. The van der Waals surface area contributed by atoms with Gasteiger partial charge in [0, 0.05) is 36.1 Å². The van der Waals surface area contributed by atoms with Crippen LogP contribution >= 0.6 is 11.6 Å². The first-order valence-electron chi connectivity index (χ1n) is 9.58. The van der Waals surface area contributed by atoms with Crippen molar-refractivity contribution < 1.29 is 23.1 Å². The highest BCUT2D eigenvalue weighted by atomic mass is 35.5. The molecule has 32 heavy (non-hydrogen) atoms. The first-order valence-corrected chi connectivity index (χ1v) is 11.4. The molecule has 0 radical (unpaired) electrons. The van der Waals surface area contributed by atoms with E-state index in [4.69, 9.17) is 16.7 Å². The Labute approximate surface area is 190 Å². The fourth-order valence-corrected chi connectivity index (χ4v) is 4.20. The van der Waals surface area contributed by atoms with Crippen molar-refractivity contribution in [2.75, 3.05) is 5.32 Å². The van der Waals surface area contributed by atoms with E-state index in [0.29, 0.717) is 17.1 Å².